The third-order valence-electron chi connectivity index (χ3n) is 4.28. The zero-order valence-corrected chi connectivity index (χ0v) is 13.9. The number of hydrogen-bond acceptors (Lipinski definition) is 4. The fourth-order valence-corrected chi connectivity index (χ4v) is 2.79. The van der Waals surface area contributed by atoms with E-state index in [1.54, 1.807) is 5.10 Å². The quantitative estimate of drug-likeness (QED) is 0.753. The van der Waals surface area contributed by atoms with E-state index < -0.39 is 41.7 Å². The number of aromatic nitrogens is 2. The van der Waals surface area contributed by atoms with E-state index in [0.29, 0.717) is 0 Å². The van der Waals surface area contributed by atoms with Crippen molar-refractivity contribution in [3.8, 4) is 0 Å². The molecule has 6 nitrogen and oxygen atoms in total. The second-order valence-electron chi connectivity index (χ2n) is 6.13. The third-order valence-corrected chi connectivity index (χ3v) is 4.28. The summed E-state index contributed by atoms with van der Waals surface area (Å²) in [5, 5.41) is 17.1. The third kappa shape index (κ3) is 3.18. The molecule has 0 spiro atoms. The minimum atomic E-state index is -5.11. The van der Waals surface area contributed by atoms with Gasteiger partial charge in [0.05, 0.1) is 23.4 Å². The Morgan fingerprint density at radius 2 is 1.89 bits per heavy atom. The van der Waals surface area contributed by atoms with Gasteiger partial charge in [0.1, 0.15) is 0 Å². The summed E-state index contributed by atoms with van der Waals surface area (Å²) in [7, 11) is 0. The van der Waals surface area contributed by atoms with Gasteiger partial charge in [-0.2, -0.15) is 31.4 Å². The fraction of sp³-hybridized carbons (Fsp3) is 0.312. The lowest BCUT2D eigenvalue weighted by Crippen LogP contribution is -2.43. The van der Waals surface area contributed by atoms with Gasteiger partial charge in [0.15, 0.2) is 5.69 Å². The van der Waals surface area contributed by atoms with Gasteiger partial charge in [-0.25, -0.2) is 4.79 Å². The summed E-state index contributed by atoms with van der Waals surface area (Å²) in [6, 6.07) is 3.98. The van der Waals surface area contributed by atoms with Gasteiger partial charge < -0.3 is 9.94 Å². The van der Waals surface area contributed by atoms with E-state index in [0.717, 1.165) is 0 Å². The summed E-state index contributed by atoms with van der Waals surface area (Å²) in [4.78, 5) is 15.7. The van der Waals surface area contributed by atoms with Crippen LogP contribution < -0.4 is 0 Å². The molecule has 1 unspecified atom stereocenters. The van der Waals surface area contributed by atoms with Gasteiger partial charge in [0.25, 0.3) is 5.60 Å². The van der Waals surface area contributed by atoms with Crippen LogP contribution in [0.15, 0.2) is 29.4 Å². The zero-order valence-electron chi connectivity index (χ0n) is 13.9. The van der Waals surface area contributed by atoms with Crippen LogP contribution in [0.2, 0.25) is 0 Å². The van der Waals surface area contributed by atoms with E-state index in [4.69, 9.17) is 5.11 Å². The molecular weight excluding hydrogens is 396 g/mol. The largest absolute Gasteiger partial charge is 0.478 e. The zero-order chi connectivity index (χ0) is 20.9. The Bertz CT molecular complexity index is 963. The minimum absolute atomic E-state index is 0.0475. The van der Waals surface area contributed by atoms with Crippen LogP contribution >= 0.6 is 0 Å². The van der Waals surface area contributed by atoms with Crippen LogP contribution in [0, 0.1) is 6.92 Å². The first-order valence-corrected chi connectivity index (χ1v) is 7.64. The van der Waals surface area contributed by atoms with Crippen LogP contribution in [-0.2, 0) is 16.6 Å². The van der Waals surface area contributed by atoms with Crippen LogP contribution in [0.3, 0.4) is 0 Å². The summed E-state index contributed by atoms with van der Waals surface area (Å²) in [6.07, 6.45) is -11.0. The Kier molecular flexibility index (Phi) is 4.39. The highest BCUT2D eigenvalue weighted by atomic mass is 19.4. The van der Waals surface area contributed by atoms with E-state index in [9.17, 15) is 31.1 Å². The number of nitrogens with one attached hydrogen (secondary N) is 1. The number of oxime groups is 1. The molecular formula is C16H11F6N3O3. The lowest BCUT2D eigenvalue weighted by atomic mass is 9.89. The lowest BCUT2D eigenvalue weighted by molar-refractivity contribution is -0.277. The van der Waals surface area contributed by atoms with Gasteiger partial charge in [-0.15, -0.1) is 0 Å². The highest BCUT2D eigenvalue weighted by molar-refractivity contribution is 6.03. The molecule has 0 radical (unpaired) electrons. The predicted molar refractivity (Wildman–Crippen MR) is 81.7 cm³/mol. The van der Waals surface area contributed by atoms with Gasteiger partial charge in [0, 0.05) is 0 Å². The van der Waals surface area contributed by atoms with Crippen LogP contribution in [0.25, 0.3) is 0 Å². The molecule has 0 fully saturated rings. The number of benzene rings is 1. The molecule has 1 atom stereocenters. The molecule has 0 saturated carbocycles. The SMILES string of the molecule is Cc1cc(C2=NOC(c3cc(C(F)(F)F)n[nH]3)(C(F)(F)F)C2)ccc1C(=O)O. The molecule has 28 heavy (non-hydrogen) atoms. The topological polar surface area (TPSA) is 87.6 Å². The number of aromatic amines is 1. The van der Waals surface area contributed by atoms with E-state index in [1.165, 1.54) is 25.1 Å². The van der Waals surface area contributed by atoms with Crippen LogP contribution in [0.1, 0.15) is 39.3 Å². The van der Waals surface area contributed by atoms with E-state index in [-0.39, 0.29) is 28.5 Å². The molecule has 12 heteroatoms. The highest BCUT2D eigenvalue weighted by Crippen LogP contribution is 2.48. The summed E-state index contributed by atoms with van der Waals surface area (Å²) >= 11 is 0. The second kappa shape index (κ2) is 6.24. The van der Waals surface area contributed by atoms with Crippen molar-refractivity contribution in [3.63, 3.8) is 0 Å². The normalized spacial score (nSPS) is 20.0. The monoisotopic (exact) mass is 407 g/mol. The van der Waals surface area contributed by atoms with Crippen molar-refractivity contribution in [2.24, 2.45) is 5.16 Å². The first-order valence-electron chi connectivity index (χ1n) is 7.64. The molecule has 0 aliphatic carbocycles. The average Bonchev–Trinajstić information content (AvgIpc) is 3.21. The molecule has 0 bridgehead atoms. The first-order chi connectivity index (χ1) is 12.8. The molecule has 2 N–H and O–H groups in total. The maximum absolute atomic E-state index is 13.7. The van der Waals surface area contributed by atoms with Crippen molar-refractivity contribution in [1.29, 1.82) is 0 Å². The number of carbonyl (C=O) groups is 1. The number of rotatable bonds is 3. The number of nitrogens with zero attached hydrogens (tertiary/aromatic N) is 2. The molecule has 2 heterocycles. The Labute approximate surface area is 152 Å². The minimum Gasteiger partial charge on any atom is -0.478 e. The molecule has 0 amide bonds. The fourth-order valence-electron chi connectivity index (χ4n) is 2.79. The number of H-pyrrole nitrogens is 1. The Morgan fingerprint density at radius 1 is 1.21 bits per heavy atom. The van der Waals surface area contributed by atoms with E-state index >= 15 is 0 Å². The van der Waals surface area contributed by atoms with Gasteiger partial charge in [-0.05, 0) is 36.2 Å². The summed E-state index contributed by atoms with van der Waals surface area (Å²) in [5.41, 5.74) is -5.44. The van der Waals surface area contributed by atoms with Gasteiger partial charge in [0.2, 0.25) is 0 Å². The maximum Gasteiger partial charge on any atom is 0.437 e. The maximum atomic E-state index is 13.7. The highest BCUT2D eigenvalue weighted by Gasteiger charge is 2.64. The van der Waals surface area contributed by atoms with Gasteiger partial charge in [-0.1, -0.05) is 11.2 Å². The Hall–Kier alpha value is -3.05. The standard InChI is InChI=1S/C16H11F6N3O3/c1-7-4-8(2-3-9(7)13(26)27)10-6-14(28-25-10,16(20,21)22)11-5-12(24-23-11)15(17,18)19/h2-5H,6H2,1H3,(H,23,24)(H,26,27). The van der Waals surface area contributed by atoms with Crippen molar-refractivity contribution < 1.29 is 41.1 Å². The van der Waals surface area contributed by atoms with Crippen molar-refractivity contribution in [2.75, 3.05) is 0 Å². The lowest BCUT2D eigenvalue weighted by Gasteiger charge is -2.27. The number of aromatic carboxylic acids is 1. The number of aryl methyl sites for hydroxylation is 1. The van der Waals surface area contributed by atoms with E-state index in [1.807, 2.05) is 0 Å². The molecule has 0 saturated heterocycles. The van der Waals surface area contributed by atoms with Crippen LogP contribution in [0.5, 0.6) is 0 Å². The Morgan fingerprint density at radius 3 is 2.39 bits per heavy atom. The van der Waals surface area contributed by atoms with Gasteiger partial charge in [-0.3, -0.25) is 5.10 Å². The Balaban J connectivity index is 1.98. The first kappa shape index (κ1) is 19.7. The molecule has 1 aliphatic heterocycles. The number of alkyl halides is 6. The number of hydrogen-bond donors (Lipinski definition) is 2. The molecule has 3 rings (SSSR count). The molecule has 1 aliphatic rings. The molecule has 2 aromatic rings. The van der Waals surface area contributed by atoms with Crippen molar-refractivity contribution in [1.82, 2.24) is 10.2 Å². The predicted octanol–water partition coefficient (Wildman–Crippen LogP) is 4.02. The smallest absolute Gasteiger partial charge is 0.437 e. The van der Waals surface area contributed by atoms with Gasteiger partial charge >= 0.3 is 18.3 Å². The second-order valence-corrected chi connectivity index (χ2v) is 6.13. The van der Waals surface area contributed by atoms with Crippen LogP contribution in [0.4, 0.5) is 26.3 Å². The van der Waals surface area contributed by atoms with Crippen molar-refractivity contribution in [3.05, 3.63) is 52.3 Å². The molecule has 1 aromatic heterocycles. The van der Waals surface area contributed by atoms with E-state index in [2.05, 4.69) is 15.1 Å². The number of halogens is 6. The summed E-state index contributed by atoms with van der Waals surface area (Å²) in [5.74, 6) is -1.21. The molecule has 150 valence electrons. The van der Waals surface area contributed by atoms with Crippen molar-refractivity contribution in [2.45, 2.75) is 31.3 Å². The van der Waals surface area contributed by atoms with Crippen LogP contribution in [-0.4, -0.2) is 33.2 Å². The summed E-state index contributed by atoms with van der Waals surface area (Å²) < 4.78 is 79.4. The van der Waals surface area contributed by atoms with Crippen molar-refractivity contribution >= 4 is 11.7 Å². The molecule has 1 aromatic carbocycles. The average molecular weight is 407 g/mol. The number of carboxylic acid groups (broad SMARTS) is 1. The number of carboxylic acids is 1. The summed E-state index contributed by atoms with van der Waals surface area (Å²) in [6.45, 7) is 1.45.